The van der Waals surface area contributed by atoms with Crippen LogP contribution < -0.4 is 20.2 Å². The maximum absolute atomic E-state index is 12.5. The zero-order valence-corrected chi connectivity index (χ0v) is 25.4. The van der Waals surface area contributed by atoms with Gasteiger partial charge in [-0.25, -0.2) is 5.43 Å². The van der Waals surface area contributed by atoms with Crippen LogP contribution in [-0.2, 0) is 11.4 Å². The number of aromatic nitrogens is 1. The first-order valence-electron chi connectivity index (χ1n) is 14.2. The molecule has 0 saturated heterocycles. The van der Waals surface area contributed by atoms with Gasteiger partial charge in [-0.05, 0) is 93.1 Å². The molecule has 0 aliphatic carbocycles. The Morgan fingerprint density at radius 2 is 1.67 bits per heavy atom. The smallest absolute Gasteiger partial charge is 0.311 e. The fourth-order valence-corrected chi connectivity index (χ4v) is 4.64. The molecule has 0 spiro atoms. The third kappa shape index (κ3) is 7.66. The number of nitro benzene ring substituents is 1. The van der Waals surface area contributed by atoms with Crippen molar-refractivity contribution in [2.75, 3.05) is 11.9 Å². The first-order chi connectivity index (χ1) is 22.2. The molecule has 234 valence electrons. The fourth-order valence-electron chi connectivity index (χ4n) is 4.64. The molecular weight excluding hydrogens is 590 g/mol. The van der Waals surface area contributed by atoms with E-state index < -0.39 is 23.3 Å². The number of nitro groups is 1. The summed E-state index contributed by atoms with van der Waals surface area (Å²) in [5, 5.41) is 18.2. The van der Waals surface area contributed by atoms with Gasteiger partial charge in [-0.2, -0.15) is 5.10 Å². The van der Waals surface area contributed by atoms with Crippen LogP contribution in [0.2, 0.25) is 0 Å². The Bertz CT molecular complexity index is 1890. The summed E-state index contributed by atoms with van der Waals surface area (Å²) in [5.74, 6) is -0.0549. The molecule has 5 rings (SSSR count). The van der Waals surface area contributed by atoms with Crippen LogP contribution in [0.4, 0.5) is 11.4 Å². The van der Waals surface area contributed by atoms with Gasteiger partial charge in [0.25, 0.3) is 5.91 Å². The minimum absolute atomic E-state index is 0.0170. The Morgan fingerprint density at radius 1 is 0.935 bits per heavy atom. The summed E-state index contributed by atoms with van der Waals surface area (Å²) < 4.78 is 19.0. The lowest BCUT2D eigenvalue weighted by atomic mass is 10.2. The summed E-state index contributed by atoms with van der Waals surface area (Å²) in [6.07, 6.45) is 1.24. The highest BCUT2D eigenvalue weighted by atomic mass is 16.6. The van der Waals surface area contributed by atoms with E-state index in [0.717, 1.165) is 22.6 Å². The van der Waals surface area contributed by atoms with Gasteiger partial charge < -0.3 is 23.8 Å². The van der Waals surface area contributed by atoms with Crippen LogP contribution in [0.15, 0.2) is 101 Å². The quantitative estimate of drug-likeness (QED) is 0.0948. The molecule has 2 heterocycles. The highest BCUT2D eigenvalue weighted by Crippen LogP contribution is 2.28. The van der Waals surface area contributed by atoms with Crippen LogP contribution in [-0.4, -0.2) is 34.1 Å². The largest absolute Gasteiger partial charge is 0.486 e. The molecule has 0 atom stereocenters. The Labute approximate surface area is 264 Å². The second-order valence-electron chi connectivity index (χ2n) is 10.3. The van der Waals surface area contributed by atoms with Gasteiger partial charge in [-0.3, -0.25) is 19.7 Å². The van der Waals surface area contributed by atoms with Gasteiger partial charge in [-0.15, -0.1) is 0 Å². The molecule has 12 heteroatoms. The Hall–Kier alpha value is -6.17. The number of amides is 2. The molecule has 3 aromatic carbocycles. The first kappa shape index (κ1) is 31.3. The van der Waals surface area contributed by atoms with E-state index in [9.17, 15) is 19.7 Å². The van der Waals surface area contributed by atoms with Gasteiger partial charge in [0.2, 0.25) is 0 Å². The number of hydrogen-bond donors (Lipinski definition) is 2. The van der Waals surface area contributed by atoms with E-state index in [-0.39, 0.29) is 23.8 Å². The van der Waals surface area contributed by atoms with Crippen LogP contribution in [0, 0.1) is 30.9 Å². The molecule has 0 unspecified atom stereocenters. The molecule has 2 N–H and O–H groups in total. The van der Waals surface area contributed by atoms with Crippen LogP contribution >= 0.6 is 0 Å². The highest BCUT2D eigenvalue weighted by Gasteiger charge is 2.18. The molecule has 0 aliphatic rings. The molecule has 12 nitrogen and oxygen atoms in total. The van der Waals surface area contributed by atoms with Crippen LogP contribution in [0.5, 0.6) is 11.5 Å². The molecule has 2 aromatic heterocycles. The number of carbonyl (C=O) groups is 2. The normalized spacial score (nSPS) is 10.9. The van der Waals surface area contributed by atoms with E-state index in [4.69, 9.17) is 13.9 Å². The second-order valence-corrected chi connectivity index (χ2v) is 10.3. The molecule has 2 amide bonds. The van der Waals surface area contributed by atoms with Gasteiger partial charge >= 0.3 is 11.6 Å². The zero-order valence-electron chi connectivity index (χ0n) is 25.4. The minimum atomic E-state index is -0.630. The summed E-state index contributed by atoms with van der Waals surface area (Å²) in [4.78, 5) is 35.8. The highest BCUT2D eigenvalue weighted by molar-refractivity contribution is 5.93. The van der Waals surface area contributed by atoms with Crippen LogP contribution in [0.3, 0.4) is 0 Å². The monoisotopic (exact) mass is 621 g/mol. The number of furan rings is 1. The lowest BCUT2D eigenvalue weighted by molar-refractivity contribution is -0.385. The molecule has 0 fully saturated rings. The third-order valence-corrected chi connectivity index (χ3v) is 6.97. The Morgan fingerprint density at radius 3 is 2.39 bits per heavy atom. The third-order valence-electron chi connectivity index (χ3n) is 6.97. The average Bonchev–Trinajstić information content (AvgIpc) is 3.66. The van der Waals surface area contributed by atoms with Gasteiger partial charge in [-0.1, -0.05) is 18.2 Å². The van der Waals surface area contributed by atoms with Crippen molar-refractivity contribution in [1.82, 2.24) is 9.99 Å². The summed E-state index contributed by atoms with van der Waals surface area (Å²) in [7, 11) is 0. The Kier molecular flexibility index (Phi) is 9.57. The lowest BCUT2D eigenvalue weighted by Gasteiger charge is -2.10. The topological polar surface area (TPSA) is 150 Å². The van der Waals surface area contributed by atoms with Crippen molar-refractivity contribution in [3.8, 4) is 17.2 Å². The number of hydrazone groups is 1. The van der Waals surface area contributed by atoms with Crippen molar-refractivity contribution in [2.45, 2.75) is 27.4 Å². The van der Waals surface area contributed by atoms with Gasteiger partial charge in [0.05, 0.1) is 11.1 Å². The number of nitrogens with one attached hydrogen (secondary N) is 2. The van der Waals surface area contributed by atoms with Gasteiger partial charge in [0.1, 0.15) is 18.1 Å². The second kappa shape index (κ2) is 14.1. The van der Waals surface area contributed by atoms with E-state index in [1.54, 1.807) is 18.2 Å². The number of anilines is 1. The predicted molar refractivity (Wildman–Crippen MR) is 172 cm³/mol. The predicted octanol–water partition coefficient (Wildman–Crippen LogP) is 6.26. The number of hydrogen-bond acceptors (Lipinski definition) is 8. The van der Waals surface area contributed by atoms with Crippen molar-refractivity contribution < 1.29 is 28.4 Å². The summed E-state index contributed by atoms with van der Waals surface area (Å²) in [6, 6.07) is 26.2. The van der Waals surface area contributed by atoms with Crippen molar-refractivity contribution >= 4 is 29.4 Å². The molecular formula is C34H31N5O7. The maximum Gasteiger partial charge on any atom is 0.311 e. The minimum Gasteiger partial charge on any atom is -0.486 e. The number of ether oxygens (including phenoxy) is 2. The first-order valence-corrected chi connectivity index (χ1v) is 14.2. The van der Waals surface area contributed by atoms with E-state index in [1.807, 2.05) is 57.2 Å². The molecule has 0 bridgehead atoms. The number of rotatable bonds is 12. The number of benzene rings is 3. The van der Waals surface area contributed by atoms with Gasteiger partial charge in [0, 0.05) is 34.4 Å². The Balaban J connectivity index is 1.12. The van der Waals surface area contributed by atoms with Gasteiger partial charge in [0.15, 0.2) is 18.1 Å². The van der Waals surface area contributed by atoms with Crippen LogP contribution in [0.1, 0.15) is 38.8 Å². The van der Waals surface area contributed by atoms with E-state index in [1.165, 1.54) is 30.5 Å². The summed E-state index contributed by atoms with van der Waals surface area (Å²) in [5.41, 5.74) is 7.09. The van der Waals surface area contributed by atoms with E-state index in [0.29, 0.717) is 22.8 Å². The number of nitrogens with zero attached hydrogens (tertiary/aromatic N) is 3. The van der Waals surface area contributed by atoms with E-state index >= 15 is 0 Å². The fraction of sp³-hybridized carbons (Fsp3) is 0.147. The van der Waals surface area contributed by atoms with Crippen molar-refractivity contribution in [3.05, 3.63) is 135 Å². The van der Waals surface area contributed by atoms with Crippen LogP contribution in [0.25, 0.3) is 5.69 Å². The molecule has 0 radical (unpaired) electrons. The van der Waals surface area contributed by atoms with Crippen molar-refractivity contribution in [1.29, 1.82) is 0 Å². The van der Waals surface area contributed by atoms with Crippen molar-refractivity contribution in [3.63, 3.8) is 0 Å². The number of para-hydroxylation sites is 1. The summed E-state index contributed by atoms with van der Waals surface area (Å²) >= 11 is 0. The maximum atomic E-state index is 12.5. The van der Waals surface area contributed by atoms with Crippen molar-refractivity contribution in [2.24, 2.45) is 5.10 Å². The molecule has 5 aromatic rings. The average molecular weight is 622 g/mol. The van der Waals surface area contributed by atoms with E-state index in [2.05, 4.69) is 32.5 Å². The number of carbonyl (C=O) groups excluding carboxylic acids is 2. The molecule has 0 aliphatic heterocycles. The molecule has 46 heavy (non-hydrogen) atoms. The standard InChI is InChI=1S/C34H31N5O7/c1-22-6-4-5-7-29(22)36-33(40)21-45-31-16-10-25(18-30(31)39(42)43)19-35-37-34(41)32-17-15-28(46-32)20-44-27-13-11-26(12-14-27)38-23(2)8-9-24(38)3/h4-19H,20-21H2,1-3H3,(H,36,40)(H,37,41)/b35-19+. The SMILES string of the molecule is Cc1ccccc1NC(=O)COc1ccc(/C=N/NC(=O)c2ccc(COc3ccc(-n4c(C)ccc4C)cc3)o2)cc1[N+](=O)[O-]. The molecule has 0 saturated carbocycles. The zero-order chi connectivity index (χ0) is 32.6. The lowest BCUT2D eigenvalue weighted by Crippen LogP contribution is -2.21. The summed E-state index contributed by atoms with van der Waals surface area (Å²) in [6.45, 7) is 5.63. The number of aryl methyl sites for hydroxylation is 3.